The largest absolute Gasteiger partial charge is 0.477 e. The number of nitrogens with zero attached hydrogens (tertiary/aromatic N) is 2. The molecule has 0 saturated carbocycles. The molecule has 0 fully saturated rings. The number of amides is 1. The number of nitro benzene ring substituents is 1. The number of carbonyl (C=O) groups excluding carboxylic acids is 2. The second-order valence-corrected chi connectivity index (χ2v) is 7.94. The van der Waals surface area contributed by atoms with Crippen LogP contribution in [-0.2, 0) is 9.53 Å². The molecule has 10 heteroatoms. The van der Waals surface area contributed by atoms with Gasteiger partial charge in [-0.1, -0.05) is 17.7 Å². The van der Waals surface area contributed by atoms with Gasteiger partial charge in [-0.05, 0) is 44.0 Å². The molecule has 0 saturated heterocycles. The highest BCUT2D eigenvalue weighted by Gasteiger charge is 2.20. The van der Waals surface area contributed by atoms with E-state index in [4.69, 9.17) is 4.74 Å². The summed E-state index contributed by atoms with van der Waals surface area (Å²) < 4.78 is 9.87. The molecule has 32 heavy (non-hydrogen) atoms. The van der Waals surface area contributed by atoms with Crippen molar-refractivity contribution >= 4 is 34.0 Å². The molecule has 0 bridgehead atoms. The topological polar surface area (TPSA) is 121 Å². The van der Waals surface area contributed by atoms with Gasteiger partial charge in [-0.15, -0.1) is 11.3 Å². The molecule has 0 aliphatic carbocycles. The zero-order chi connectivity index (χ0) is 23.4. The van der Waals surface area contributed by atoms with Crippen LogP contribution >= 0.6 is 11.3 Å². The number of anilines is 1. The fourth-order valence-corrected chi connectivity index (χ4v) is 4.07. The predicted octanol–water partition coefficient (Wildman–Crippen LogP) is 4.45. The third-order valence-electron chi connectivity index (χ3n) is 4.62. The van der Waals surface area contributed by atoms with Crippen molar-refractivity contribution in [3.8, 4) is 17.0 Å². The lowest BCUT2D eigenvalue weighted by Crippen LogP contribution is -2.20. The number of rotatable bonds is 7. The number of hydrogen-bond donors (Lipinski definition) is 1. The lowest BCUT2D eigenvalue weighted by atomic mass is 9.98. The van der Waals surface area contributed by atoms with E-state index in [9.17, 15) is 19.7 Å². The summed E-state index contributed by atoms with van der Waals surface area (Å²) in [7, 11) is 1.17. The first-order valence-corrected chi connectivity index (χ1v) is 10.4. The minimum absolute atomic E-state index is 0.00742. The van der Waals surface area contributed by atoms with Crippen molar-refractivity contribution in [2.24, 2.45) is 0 Å². The van der Waals surface area contributed by atoms with Crippen LogP contribution in [0.1, 0.15) is 27.0 Å². The summed E-state index contributed by atoms with van der Waals surface area (Å²) in [5, 5.41) is 16.2. The minimum atomic E-state index is -0.712. The number of thiazole rings is 1. The number of benzene rings is 2. The minimum Gasteiger partial charge on any atom is -0.477 e. The molecule has 0 aliphatic rings. The number of esters is 1. The van der Waals surface area contributed by atoms with E-state index in [1.165, 1.54) is 36.1 Å². The fourth-order valence-electron chi connectivity index (χ4n) is 3.36. The van der Waals surface area contributed by atoms with Gasteiger partial charge in [0.2, 0.25) is 0 Å². The average Bonchev–Trinajstić information content (AvgIpc) is 3.18. The number of ether oxygens (including phenoxy) is 2. The standard InChI is InChI=1S/C22H21N3O6S/c1-12-7-13(2)20(14(3)8-12)16-11-32-22(23-16)24-19(26)10-31-18-6-5-15(21(27)30-4)9-17(18)25(28)29/h5-9,11H,10H2,1-4H3,(H,23,24,26). The normalized spacial score (nSPS) is 10.5. The van der Waals surface area contributed by atoms with Gasteiger partial charge in [0.05, 0.1) is 23.3 Å². The average molecular weight is 455 g/mol. The molecule has 0 aliphatic heterocycles. The van der Waals surface area contributed by atoms with Gasteiger partial charge >= 0.3 is 11.7 Å². The number of aryl methyl sites for hydroxylation is 3. The maximum atomic E-state index is 12.3. The molecule has 166 valence electrons. The van der Waals surface area contributed by atoms with E-state index >= 15 is 0 Å². The van der Waals surface area contributed by atoms with E-state index in [0.29, 0.717) is 5.13 Å². The lowest BCUT2D eigenvalue weighted by molar-refractivity contribution is -0.385. The molecule has 0 radical (unpaired) electrons. The molecule has 3 rings (SSSR count). The van der Waals surface area contributed by atoms with Crippen LogP contribution in [0, 0.1) is 30.9 Å². The first-order chi connectivity index (χ1) is 15.2. The first kappa shape index (κ1) is 22.9. The molecule has 0 spiro atoms. The smallest absolute Gasteiger partial charge is 0.338 e. The zero-order valence-electron chi connectivity index (χ0n) is 17.9. The van der Waals surface area contributed by atoms with E-state index in [1.807, 2.05) is 26.2 Å². The second kappa shape index (κ2) is 9.56. The molecular weight excluding hydrogens is 434 g/mol. The SMILES string of the molecule is COC(=O)c1ccc(OCC(=O)Nc2nc(-c3c(C)cc(C)cc3C)cs2)c([N+](=O)[O-])c1. The Hall–Kier alpha value is -3.79. The van der Waals surface area contributed by atoms with E-state index in [1.54, 1.807) is 0 Å². The molecule has 0 atom stereocenters. The highest BCUT2D eigenvalue weighted by molar-refractivity contribution is 7.14. The van der Waals surface area contributed by atoms with Crippen molar-refractivity contribution in [1.82, 2.24) is 4.98 Å². The van der Waals surface area contributed by atoms with Gasteiger partial charge in [0.25, 0.3) is 5.91 Å². The second-order valence-electron chi connectivity index (χ2n) is 7.08. The van der Waals surface area contributed by atoms with Gasteiger partial charge < -0.3 is 9.47 Å². The van der Waals surface area contributed by atoms with Crippen molar-refractivity contribution in [3.63, 3.8) is 0 Å². The van der Waals surface area contributed by atoms with E-state index in [-0.39, 0.29) is 11.3 Å². The Bertz CT molecular complexity index is 1180. The van der Waals surface area contributed by atoms with Gasteiger partial charge in [0, 0.05) is 17.0 Å². The fraction of sp³-hybridized carbons (Fsp3) is 0.227. The van der Waals surface area contributed by atoms with Gasteiger partial charge in [0.15, 0.2) is 17.5 Å². The summed E-state index contributed by atoms with van der Waals surface area (Å²) in [5.74, 6) is -1.37. The third kappa shape index (κ3) is 5.09. The van der Waals surface area contributed by atoms with Crippen molar-refractivity contribution < 1.29 is 24.0 Å². The Morgan fingerprint density at radius 1 is 1.16 bits per heavy atom. The Labute approximate surface area is 188 Å². The Balaban J connectivity index is 1.69. The number of methoxy groups -OCH3 is 1. The molecule has 3 aromatic rings. The number of nitrogens with one attached hydrogen (secondary N) is 1. The predicted molar refractivity (Wildman–Crippen MR) is 120 cm³/mol. The Kier molecular flexibility index (Phi) is 6.84. The molecule has 1 aromatic heterocycles. The van der Waals surface area contributed by atoms with Gasteiger partial charge in [-0.3, -0.25) is 20.2 Å². The highest BCUT2D eigenvalue weighted by Crippen LogP contribution is 2.31. The summed E-state index contributed by atoms with van der Waals surface area (Å²) in [6.07, 6.45) is 0. The van der Waals surface area contributed by atoms with Gasteiger partial charge in [-0.2, -0.15) is 0 Å². The van der Waals surface area contributed by atoms with Gasteiger partial charge in [0.1, 0.15) is 0 Å². The molecular formula is C22H21N3O6S. The molecule has 0 unspecified atom stereocenters. The van der Waals surface area contributed by atoms with Crippen molar-refractivity contribution in [2.45, 2.75) is 20.8 Å². The van der Waals surface area contributed by atoms with Crippen molar-refractivity contribution in [1.29, 1.82) is 0 Å². The number of aromatic nitrogens is 1. The number of nitro groups is 1. The van der Waals surface area contributed by atoms with Crippen LogP contribution < -0.4 is 10.1 Å². The zero-order valence-corrected chi connectivity index (χ0v) is 18.7. The quantitative estimate of drug-likeness (QED) is 0.317. The van der Waals surface area contributed by atoms with Gasteiger partial charge in [-0.25, -0.2) is 9.78 Å². The van der Waals surface area contributed by atoms with Crippen molar-refractivity contribution in [3.05, 3.63) is 68.1 Å². The maximum Gasteiger partial charge on any atom is 0.338 e. The van der Waals surface area contributed by atoms with E-state index in [0.717, 1.165) is 28.5 Å². The summed E-state index contributed by atoms with van der Waals surface area (Å²) in [6.45, 7) is 5.60. The summed E-state index contributed by atoms with van der Waals surface area (Å²) in [4.78, 5) is 39.0. The van der Waals surface area contributed by atoms with Crippen LogP contribution in [0.4, 0.5) is 10.8 Å². The number of carbonyl (C=O) groups is 2. The van der Waals surface area contributed by atoms with Crippen LogP contribution in [0.3, 0.4) is 0 Å². The molecule has 2 aromatic carbocycles. The van der Waals surface area contributed by atoms with Crippen molar-refractivity contribution in [2.75, 3.05) is 19.0 Å². The third-order valence-corrected chi connectivity index (χ3v) is 5.38. The Morgan fingerprint density at radius 3 is 2.47 bits per heavy atom. The lowest BCUT2D eigenvalue weighted by Gasteiger charge is -2.09. The maximum absolute atomic E-state index is 12.3. The molecule has 1 heterocycles. The molecule has 9 nitrogen and oxygen atoms in total. The van der Waals surface area contributed by atoms with Crippen LogP contribution in [0.15, 0.2) is 35.7 Å². The molecule has 1 N–H and O–H groups in total. The monoisotopic (exact) mass is 455 g/mol. The number of hydrogen-bond acceptors (Lipinski definition) is 8. The van der Waals surface area contributed by atoms with Crippen LogP contribution in [0.25, 0.3) is 11.3 Å². The molecule has 1 amide bonds. The summed E-state index contributed by atoms with van der Waals surface area (Å²) >= 11 is 1.27. The van der Waals surface area contributed by atoms with E-state index < -0.39 is 29.1 Å². The van der Waals surface area contributed by atoms with Crippen LogP contribution in [0.5, 0.6) is 5.75 Å². The Morgan fingerprint density at radius 2 is 1.84 bits per heavy atom. The summed E-state index contributed by atoms with van der Waals surface area (Å²) in [5.41, 5.74) is 4.70. The highest BCUT2D eigenvalue weighted by atomic mass is 32.1. The summed E-state index contributed by atoms with van der Waals surface area (Å²) in [6, 6.07) is 7.77. The van der Waals surface area contributed by atoms with Crippen LogP contribution in [-0.4, -0.2) is 35.5 Å². The first-order valence-electron chi connectivity index (χ1n) is 9.52. The van der Waals surface area contributed by atoms with E-state index in [2.05, 4.69) is 27.2 Å². The van der Waals surface area contributed by atoms with Crippen LogP contribution in [0.2, 0.25) is 0 Å².